The summed E-state index contributed by atoms with van der Waals surface area (Å²) in [5.74, 6) is 0.673. The third-order valence-electron chi connectivity index (χ3n) is 2.64. The molecule has 2 rings (SSSR count). The van der Waals surface area contributed by atoms with Crippen LogP contribution in [0.3, 0.4) is 0 Å². The highest BCUT2D eigenvalue weighted by molar-refractivity contribution is 6.42. The van der Waals surface area contributed by atoms with Gasteiger partial charge >= 0.3 is 0 Å². The molecule has 19 heavy (non-hydrogen) atoms. The molecule has 0 bridgehead atoms. The molecule has 5 heteroatoms. The Morgan fingerprint density at radius 2 is 1.89 bits per heavy atom. The molecule has 1 aromatic heterocycles. The van der Waals surface area contributed by atoms with Crippen LogP contribution in [0.4, 0.5) is 0 Å². The molecule has 0 radical (unpaired) electrons. The number of benzene rings is 1. The van der Waals surface area contributed by atoms with Crippen LogP contribution in [-0.2, 0) is 6.54 Å². The van der Waals surface area contributed by atoms with E-state index in [-0.39, 0.29) is 0 Å². The van der Waals surface area contributed by atoms with Crippen molar-refractivity contribution in [1.82, 2.24) is 15.3 Å². The Bertz CT molecular complexity index is 585. The van der Waals surface area contributed by atoms with Gasteiger partial charge in [0.15, 0.2) is 5.82 Å². The molecule has 2 aromatic rings. The standard InChI is InChI=1S/C14H15Cl2N3/c1-3-17-8-11-6-9(2)18-14(19-11)10-4-5-12(15)13(16)7-10/h4-7,17H,3,8H2,1-2H3. The number of nitrogens with one attached hydrogen (secondary N) is 1. The summed E-state index contributed by atoms with van der Waals surface area (Å²) in [7, 11) is 0. The van der Waals surface area contributed by atoms with E-state index < -0.39 is 0 Å². The molecule has 0 aliphatic rings. The second kappa shape index (κ2) is 6.33. The summed E-state index contributed by atoms with van der Waals surface area (Å²) >= 11 is 11.9. The third kappa shape index (κ3) is 3.66. The Morgan fingerprint density at radius 3 is 2.58 bits per heavy atom. The maximum atomic E-state index is 6.03. The van der Waals surface area contributed by atoms with Gasteiger partial charge in [0.2, 0.25) is 0 Å². The van der Waals surface area contributed by atoms with Crippen molar-refractivity contribution in [3.05, 3.63) is 45.7 Å². The van der Waals surface area contributed by atoms with Crippen LogP contribution in [0.2, 0.25) is 10.0 Å². The SMILES string of the molecule is CCNCc1cc(C)nc(-c2ccc(Cl)c(Cl)c2)n1. The summed E-state index contributed by atoms with van der Waals surface area (Å²) in [6.45, 7) is 5.66. The zero-order valence-electron chi connectivity index (χ0n) is 10.9. The van der Waals surface area contributed by atoms with Crippen molar-refractivity contribution in [2.45, 2.75) is 20.4 Å². The van der Waals surface area contributed by atoms with Gasteiger partial charge < -0.3 is 5.32 Å². The molecule has 3 nitrogen and oxygen atoms in total. The summed E-state index contributed by atoms with van der Waals surface area (Å²) in [6.07, 6.45) is 0. The normalized spacial score (nSPS) is 10.7. The summed E-state index contributed by atoms with van der Waals surface area (Å²) in [5, 5.41) is 4.30. The first-order valence-electron chi connectivity index (χ1n) is 6.11. The lowest BCUT2D eigenvalue weighted by Gasteiger charge is -2.07. The highest BCUT2D eigenvalue weighted by Gasteiger charge is 2.07. The summed E-state index contributed by atoms with van der Waals surface area (Å²) in [5.41, 5.74) is 2.77. The van der Waals surface area contributed by atoms with Gasteiger partial charge in [-0.15, -0.1) is 0 Å². The lowest BCUT2D eigenvalue weighted by molar-refractivity contribution is 0.708. The van der Waals surface area contributed by atoms with Crippen molar-refractivity contribution >= 4 is 23.2 Å². The molecule has 1 aromatic carbocycles. The highest BCUT2D eigenvalue weighted by Crippen LogP contribution is 2.27. The molecule has 0 spiro atoms. The van der Waals surface area contributed by atoms with Crippen molar-refractivity contribution in [1.29, 1.82) is 0 Å². The largest absolute Gasteiger partial charge is 0.311 e. The molecule has 0 atom stereocenters. The molecule has 0 fully saturated rings. The van der Waals surface area contributed by atoms with Gasteiger partial charge in [0.25, 0.3) is 0 Å². The maximum Gasteiger partial charge on any atom is 0.159 e. The predicted octanol–water partition coefficient (Wildman–Crippen LogP) is 3.87. The predicted molar refractivity (Wildman–Crippen MR) is 79.6 cm³/mol. The monoisotopic (exact) mass is 295 g/mol. The first kappa shape index (κ1) is 14.3. The number of aryl methyl sites for hydroxylation is 1. The van der Waals surface area contributed by atoms with Gasteiger partial charge in [0.05, 0.1) is 15.7 Å². The van der Waals surface area contributed by atoms with Gasteiger partial charge in [-0.05, 0) is 37.7 Å². The quantitative estimate of drug-likeness (QED) is 0.930. The fourth-order valence-electron chi connectivity index (χ4n) is 1.74. The highest BCUT2D eigenvalue weighted by atomic mass is 35.5. The number of hydrogen-bond donors (Lipinski definition) is 1. The Morgan fingerprint density at radius 1 is 1.11 bits per heavy atom. The molecule has 1 heterocycles. The Kier molecular flexibility index (Phi) is 4.75. The van der Waals surface area contributed by atoms with Crippen LogP contribution in [0, 0.1) is 6.92 Å². The summed E-state index contributed by atoms with van der Waals surface area (Å²) < 4.78 is 0. The van der Waals surface area contributed by atoms with Crippen LogP contribution in [0.5, 0.6) is 0 Å². The fraction of sp³-hybridized carbons (Fsp3) is 0.286. The van der Waals surface area contributed by atoms with Gasteiger partial charge in [-0.2, -0.15) is 0 Å². The molecule has 0 unspecified atom stereocenters. The van der Waals surface area contributed by atoms with Crippen LogP contribution < -0.4 is 5.32 Å². The minimum absolute atomic E-state index is 0.512. The third-order valence-corrected chi connectivity index (χ3v) is 3.38. The first-order chi connectivity index (χ1) is 9.10. The van der Waals surface area contributed by atoms with Crippen molar-refractivity contribution in [3.63, 3.8) is 0 Å². The van der Waals surface area contributed by atoms with E-state index >= 15 is 0 Å². The van der Waals surface area contributed by atoms with E-state index in [0.29, 0.717) is 15.9 Å². The zero-order valence-corrected chi connectivity index (χ0v) is 12.4. The second-order valence-electron chi connectivity index (χ2n) is 4.23. The molecule has 1 N–H and O–H groups in total. The van der Waals surface area contributed by atoms with Crippen LogP contribution in [0.1, 0.15) is 18.3 Å². The minimum Gasteiger partial charge on any atom is -0.311 e. The lowest BCUT2D eigenvalue weighted by atomic mass is 10.2. The lowest BCUT2D eigenvalue weighted by Crippen LogP contribution is -2.13. The van der Waals surface area contributed by atoms with E-state index in [4.69, 9.17) is 23.2 Å². The van der Waals surface area contributed by atoms with Gasteiger partial charge in [-0.1, -0.05) is 30.1 Å². The Hall–Kier alpha value is -1.16. The first-order valence-corrected chi connectivity index (χ1v) is 6.86. The summed E-state index contributed by atoms with van der Waals surface area (Å²) in [6, 6.07) is 7.40. The van der Waals surface area contributed by atoms with Crippen LogP contribution in [0.25, 0.3) is 11.4 Å². The van der Waals surface area contributed by atoms with Gasteiger partial charge in [-0.3, -0.25) is 0 Å². The number of rotatable bonds is 4. The van der Waals surface area contributed by atoms with Crippen molar-refractivity contribution < 1.29 is 0 Å². The molecule has 0 saturated carbocycles. The van der Waals surface area contributed by atoms with E-state index in [1.807, 2.05) is 19.1 Å². The van der Waals surface area contributed by atoms with Crippen LogP contribution >= 0.6 is 23.2 Å². The van der Waals surface area contributed by atoms with E-state index in [2.05, 4.69) is 22.2 Å². The van der Waals surface area contributed by atoms with E-state index in [1.54, 1.807) is 12.1 Å². The van der Waals surface area contributed by atoms with E-state index in [9.17, 15) is 0 Å². The van der Waals surface area contributed by atoms with E-state index in [1.165, 1.54) is 0 Å². The van der Waals surface area contributed by atoms with Crippen molar-refractivity contribution in [3.8, 4) is 11.4 Å². The van der Waals surface area contributed by atoms with E-state index in [0.717, 1.165) is 30.0 Å². The number of halogens is 2. The second-order valence-corrected chi connectivity index (χ2v) is 5.05. The van der Waals surface area contributed by atoms with Crippen molar-refractivity contribution in [2.75, 3.05) is 6.54 Å². The van der Waals surface area contributed by atoms with Gasteiger partial charge in [0, 0.05) is 17.8 Å². The maximum absolute atomic E-state index is 6.03. The average Bonchev–Trinajstić information content (AvgIpc) is 2.39. The van der Waals surface area contributed by atoms with Gasteiger partial charge in [-0.25, -0.2) is 9.97 Å². The molecule has 0 saturated heterocycles. The molecule has 0 aliphatic carbocycles. The van der Waals surface area contributed by atoms with Gasteiger partial charge in [0.1, 0.15) is 0 Å². The Balaban J connectivity index is 2.37. The number of hydrogen-bond acceptors (Lipinski definition) is 3. The molecule has 100 valence electrons. The summed E-state index contributed by atoms with van der Waals surface area (Å²) in [4.78, 5) is 8.98. The Labute approximate surface area is 123 Å². The van der Waals surface area contributed by atoms with Crippen LogP contribution in [-0.4, -0.2) is 16.5 Å². The minimum atomic E-state index is 0.512. The fourth-order valence-corrected chi connectivity index (χ4v) is 2.04. The van der Waals surface area contributed by atoms with Crippen LogP contribution in [0.15, 0.2) is 24.3 Å². The molecule has 0 aliphatic heterocycles. The molecule has 0 amide bonds. The smallest absolute Gasteiger partial charge is 0.159 e. The number of aromatic nitrogens is 2. The molecular formula is C14H15Cl2N3. The van der Waals surface area contributed by atoms with Crippen molar-refractivity contribution in [2.24, 2.45) is 0 Å². The topological polar surface area (TPSA) is 37.8 Å². The average molecular weight is 296 g/mol. The molecular weight excluding hydrogens is 281 g/mol. The number of nitrogens with zero attached hydrogens (tertiary/aromatic N) is 2. The zero-order chi connectivity index (χ0) is 13.8.